The smallest absolute Gasteiger partial charge is 0.129 e. The fraction of sp³-hybridized carbons (Fsp3) is 0.500. The predicted octanol–water partition coefficient (Wildman–Crippen LogP) is 5.53. The molecule has 4 nitrogen and oxygen atoms in total. The van der Waals surface area contributed by atoms with Crippen molar-refractivity contribution < 1.29 is 14.2 Å². The summed E-state index contributed by atoms with van der Waals surface area (Å²) in [6, 6.07) is 12.6. The molecule has 0 fully saturated rings. The van der Waals surface area contributed by atoms with Crippen LogP contribution in [0.5, 0.6) is 11.5 Å². The lowest BCUT2D eigenvalue weighted by molar-refractivity contribution is 0.0666. The molecular formula is C24H35NO3. The molecule has 0 heterocycles. The van der Waals surface area contributed by atoms with Gasteiger partial charge in [0.05, 0.1) is 25.9 Å². The van der Waals surface area contributed by atoms with Crippen LogP contribution in [0.25, 0.3) is 0 Å². The van der Waals surface area contributed by atoms with E-state index in [1.165, 1.54) is 16.7 Å². The van der Waals surface area contributed by atoms with Crippen LogP contribution < -0.4 is 14.8 Å². The van der Waals surface area contributed by atoms with Crippen molar-refractivity contribution in [3.8, 4) is 11.5 Å². The Bertz CT molecular complexity index is 730. The molecule has 0 unspecified atom stereocenters. The van der Waals surface area contributed by atoms with Crippen molar-refractivity contribution in [2.45, 2.75) is 53.7 Å². The average molecular weight is 386 g/mol. The minimum atomic E-state index is 0.0912. The van der Waals surface area contributed by atoms with Crippen LogP contribution in [0.1, 0.15) is 62.1 Å². The van der Waals surface area contributed by atoms with E-state index in [0.29, 0.717) is 19.8 Å². The van der Waals surface area contributed by atoms with Crippen LogP contribution in [-0.2, 0) is 4.74 Å². The van der Waals surface area contributed by atoms with Crippen LogP contribution in [0.3, 0.4) is 0 Å². The first-order valence-electron chi connectivity index (χ1n) is 10.3. The quantitative estimate of drug-likeness (QED) is 0.516. The van der Waals surface area contributed by atoms with Crippen LogP contribution in [0, 0.1) is 13.8 Å². The van der Waals surface area contributed by atoms with Gasteiger partial charge in [0, 0.05) is 18.2 Å². The van der Waals surface area contributed by atoms with E-state index in [1.54, 1.807) is 0 Å². The number of hydrogen-bond donors (Lipinski definition) is 1. The first kappa shape index (κ1) is 22.3. The Kier molecular flexibility index (Phi) is 8.81. The Balaban J connectivity index is 2.00. The van der Waals surface area contributed by atoms with Gasteiger partial charge in [0.15, 0.2) is 0 Å². The second-order valence-corrected chi connectivity index (χ2v) is 7.01. The summed E-state index contributed by atoms with van der Waals surface area (Å²) in [6.45, 7) is 15.2. The fourth-order valence-electron chi connectivity index (χ4n) is 3.44. The van der Waals surface area contributed by atoms with Gasteiger partial charge < -0.3 is 19.5 Å². The predicted molar refractivity (Wildman–Crippen MR) is 115 cm³/mol. The zero-order chi connectivity index (χ0) is 20.5. The fourth-order valence-corrected chi connectivity index (χ4v) is 3.44. The molecule has 2 aromatic carbocycles. The molecule has 1 N–H and O–H groups in total. The molecule has 0 spiro atoms. The summed E-state index contributed by atoms with van der Waals surface area (Å²) >= 11 is 0. The van der Waals surface area contributed by atoms with E-state index in [1.807, 2.05) is 32.0 Å². The SMILES string of the molecule is CCOc1cc([C@@H](C)NCCO[C@@H](C)c2ccccc2)c(C)c(OCC)c1C. The van der Waals surface area contributed by atoms with Gasteiger partial charge >= 0.3 is 0 Å². The minimum Gasteiger partial charge on any atom is -0.493 e. The molecule has 0 saturated heterocycles. The van der Waals surface area contributed by atoms with Crippen molar-refractivity contribution in [3.63, 3.8) is 0 Å². The third-order valence-electron chi connectivity index (χ3n) is 5.01. The average Bonchev–Trinajstić information content (AvgIpc) is 2.71. The zero-order valence-electron chi connectivity index (χ0n) is 18.2. The third-order valence-corrected chi connectivity index (χ3v) is 5.01. The Labute approximate surface area is 170 Å². The van der Waals surface area contributed by atoms with Crippen LogP contribution in [-0.4, -0.2) is 26.4 Å². The molecular weight excluding hydrogens is 350 g/mol. The van der Waals surface area contributed by atoms with Gasteiger partial charge in [-0.1, -0.05) is 30.3 Å². The van der Waals surface area contributed by atoms with Crippen molar-refractivity contribution in [3.05, 3.63) is 58.7 Å². The van der Waals surface area contributed by atoms with Gasteiger partial charge in [-0.2, -0.15) is 0 Å². The summed E-state index contributed by atoms with van der Waals surface area (Å²) in [5.74, 6) is 1.83. The highest BCUT2D eigenvalue weighted by molar-refractivity contribution is 5.54. The second-order valence-electron chi connectivity index (χ2n) is 7.01. The van der Waals surface area contributed by atoms with Gasteiger partial charge in [0.1, 0.15) is 11.5 Å². The first-order chi connectivity index (χ1) is 13.5. The molecule has 0 saturated carbocycles. The lowest BCUT2D eigenvalue weighted by atomic mass is 9.97. The molecule has 0 aromatic heterocycles. The largest absolute Gasteiger partial charge is 0.493 e. The Morgan fingerprint density at radius 2 is 1.61 bits per heavy atom. The summed E-state index contributed by atoms with van der Waals surface area (Å²) in [7, 11) is 0. The van der Waals surface area contributed by atoms with E-state index in [4.69, 9.17) is 14.2 Å². The topological polar surface area (TPSA) is 39.7 Å². The molecule has 0 aliphatic carbocycles. The van der Waals surface area contributed by atoms with Crippen LogP contribution >= 0.6 is 0 Å². The lowest BCUT2D eigenvalue weighted by Crippen LogP contribution is -2.24. The molecule has 2 atom stereocenters. The summed E-state index contributed by atoms with van der Waals surface area (Å²) in [6.07, 6.45) is 0.0912. The summed E-state index contributed by atoms with van der Waals surface area (Å²) in [5, 5.41) is 3.57. The maximum absolute atomic E-state index is 5.98. The van der Waals surface area contributed by atoms with E-state index in [2.05, 4.69) is 51.2 Å². The van der Waals surface area contributed by atoms with Gasteiger partial charge in [0.25, 0.3) is 0 Å². The van der Waals surface area contributed by atoms with E-state index in [-0.39, 0.29) is 12.1 Å². The molecule has 0 aliphatic rings. The Hall–Kier alpha value is -2.04. The first-order valence-corrected chi connectivity index (χ1v) is 10.3. The van der Waals surface area contributed by atoms with Crippen LogP contribution in [0.2, 0.25) is 0 Å². The van der Waals surface area contributed by atoms with Crippen molar-refractivity contribution in [1.29, 1.82) is 0 Å². The maximum atomic E-state index is 5.98. The number of nitrogens with one attached hydrogen (secondary N) is 1. The highest BCUT2D eigenvalue weighted by atomic mass is 16.5. The summed E-state index contributed by atoms with van der Waals surface area (Å²) in [4.78, 5) is 0. The molecule has 2 rings (SSSR count). The Morgan fingerprint density at radius 1 is 0.929 bits per heavy atom. The number of ether oxygens (including phenoxy) is 3. The van der Waals surface area contributed by atoms with Crippen molar-refractivity contribution in [2.75, 3.05) is 26.4 Å². The number of benzene rings is 2. The van der Waals surface area contributed by atoms with Crippen molar-refractivity contribution >= 4 is 0 Å². The second kappa shape index (κ2) is 11.1. The van der Waals surface area contributed by atoms with Crippen molar-refractivity contribution in [1.82, 2.24) is 5.32 Å². The van der Waals surface area contributed by atoms with E-state index < -0.39 is 0 Å². The highest BCUT2D eigenvalue weighted by Crippen LogP contribution is 2.36. The molecule has 4 heteroatoms. The normalized spacial score (nSPS) is 13.2. The number of hydrogen-bond acceptors (Lipinski definition) is 4. The summed E-state index contributed by atoms with van der Waals surface area (Å²) in [5.41, 5.74) is 4.64. The highest BCUT2D eigenvalue weighted by Gasteiger charge is 2.18. The standard InChI is InChI=1S/C24H35NO3/c1-7-26-23-16-22(17(3)24(18(23)4)27-8-2)19(5)25-14-15-28-20(6)21-12-10-9-11-13-21/h9-13,16,19-20,25H,7-8,14-15H2,1-6H3/t19-,20+/m1/s1. The van der Waals surface area contributed by atoms with Crippen LogP contribution in [0.15, 0.2) is 36.4 Å². The molecule has 0 radical (unpaired) electrons. The van der Waals surface area contributed by atoms with Gasteiger partial charge in [-0.15, -0.1) is 0 Å². The molecule has 0 amide bonds. The van der Waals surface area contributed by atoms with Gasteiger partial charge in [-0.25, -0.2) is 0 Å². The minimum absolute atomic E-state index is 0.0912. The monoisotopic (exact) mass is 385 g/mol. The third kappa shape index (κ3) is 5.73. The van der Waals surface area contributed by atoms with Crippen molar-refractivity contribution in [2.24, 2.45) is 0 Å². The molecule has 154 valence electrons. The molecule has 0 bridgehead atoms. The van der Waals surface area contributed by atoms with Gasteiger partial charge in [-0.05, 0) is 64.3 Å². The van der Waals surface area contributed by atoms with E-state index in [9.17, 15) is 0 Å². The Morgan fingerprint density at radius 3 is 2.25 bits per heavy atom. The van der Waals surface area contributed by atoms with Gasteiger partial charge in [0.2, 0.25) is 0 Å². The molecule has 0 aliphatic heterocycles. The van der Waals surface area contributed by atoms with Gasteiger partial charge in [-0.3, -0.25) is 0 Å². The number of rotatable bonds is 11. The lowest BCUT2D eigenvalue weighted by Gasteiger charge is -2.23. The summed E-state index contributed by atoms with van der Waals surface area (Å²) < 4.78 is 17.7. The zero-order valence-corrected chi connectivity index (χ0v) is 18.2. The van der Waals surface area contributed by atoms with E-state index in [0.717, 1.165) is 23.6 Å². The van der Waals surface area contributed by atoms with Crippen LogP contribution in [0.4, 0.5) is 0 Å². The maximum Gasteiger partial charge on any atom is 0.129 e. The molecule has 2 aromatic rings. The molecule has 28 heavy (non-hydrogen) atoms. The van der Waals surface area contributed by atoms with E-state index >= 15 is 0 Å².